The van der Waals surface area contributed by atoms with Crippen LogP contribution < -0.4 is 5.73 Å². The maximum absolute atomic E-state index is 6.25. The Balaban J connectivity index is 1.35. The lowest BCUT2D eigenvalue weighted by Gasteiger charge is -2.30. The summed E-state index contributed by atoms with van der Waals surface area (Å²) in [7, 11) is 0. The minimum atomic E-state index is 0.332. The van der Waals surface area contributed by atoms with Crippen molar-refractivity contribution >= 4 is 5.82 Å². The second-order valence-corrected chi connectivity index (χ2v) is 7.04. The van der Waals surface area contributed by atoms with Gasteiger partial charge in [-0.15, -0.1) is 0 Å². The van der Waals surface area contributed by atoms with Gasteiger partial charge in [0.05, 0.1) is 11.8 Å². The Hall–Kier alpha value is -2.74. The molecule has 1 aliphatic heterocycles. The average molecular weight is 351 g/mol. The van der Waals surface area contributed by atoms with Gasteiger partial charge in [-0.1, -0.05) is 11.2 Å². The van der Waals surface area contributed by atoms with E-state index in [1.807, 2.05) is 18.2 Å². The molecule has 3 aromatic heterocycles. The van der Waals surface area contributed by atoms with E-state index in [-0.39, 0.29) is 0 Å². The van der Waals surface area contributed by atoms with Gasteiger partial charge in [0.2, 0.25) is 11.7 Å². The molecule has 0 spiro atoms. The van der Waals surface area contributed by atoms with Crippen molar-refractivity contribution in [1.29, 1.82) is 0 Å². The number of hydrogen-bond acceptors (Lipinski definition) is 7. The van der Waals surface area contributed by atoms with E-state index in [9.17, 15) is 0 Å². The Labute approximate surface area is 151 Å². The van der Waals surface area contributed by atoms with Crippen LogP contribution in [0.15, 0.2) is 35.1 Å². The van der Waals surface area contributed by atoms with E-state index < -0.39 is 0 Å². The number of aromatic nitrogens is 5. The third kappa shape index (κ3) is 2.76. The molecule has 8 nitrogen and oxygen atoms in total. The number of rotatable bonds is 4. The summed E-state index contributed by atoms with van der Waals surface area (Å²) in [6, 6.07) is 6.42. The molecular weight excluding hydrogens is 330 g/mol. The fourth-order valence-electron chi connectivity index (χ4n) is 3.65. The van der Waals surface area contributed by atoms with Gasteiger partial charge in [0, 0.05) is 18.2 Å². The van der Waals surface area contributed by atoms with Crippen molar-refractivity contribution in [2.75, 3.05) is 18.8 Å². The molecule has 4 heterocycles. The smallest absolute Gasteiger partial charge is 0.230 e. The first-order chi connectivity index (χ1) is 12.8. The molecule has 3 aromatic rings. The largest absolute Gasteiger partial charge is 0.383 e. The second-order valence-electron chi connectivity index (χ2n) is 7.04. The van der Waals surface area contributed by atoms with Crippen LogP contribution in [0.2, 0.25) is 0 Å². The fraction of sp³-hybridized carbons (Fsp3) is 0.444. The molecule has 2 aliphatic rings. The van der Waals surface area contributed by atoms with Gasteiger partial charge in [-0.05, 0) is 50.9 Å². The lowest BCUT2D eigenvalue weighted by atomic mass is 9.96. The van der Waals surface area contributed by atoms with Crippen LogP contribution in [0.5, 0.6) is 0 Å². The Morgan fingerprint density at radius 3 is 2.69 bits per heavy atom. The van der Waals surface area contributed by atoms with E-state index in [0.717, 1.165) is 32.0 Å². The highest BCUT2D eigenvalue weighted by Gasteiger charge is 2.33. The maximum Gasteiger partial charge on any atom is 0.230 e. The zero-order valence-corrected chi connectivity index (χ0v) is 14.5. The predicted octanol–water partition coefficient (Wildman–Crippen LogP) is 2.24. The minimum Gasteiger partial charge on any atom is -0.383 e. The minimum absolute atomic E-state index is 0.332. The number of pyridine rings is 1. The molecule has 8 heteroatoms. The van der Waals surface area contributed by atoms with Gasteiger partial charge < -0.3 is 15.2 Å². The summed E-state index contributed by atoms with van der Waals surface area (Å²) in [4.78, 5) is 11.5. The number of nitrogens with two attached hydrogens (primary N) is 1. The Morgan fingerprint density at radius 1 is 1.12 bits per heavy atom. The van der Waals surface area contributed by atoms with Crippen LogP contribution in [0, 0.1) is 0 Å². The number of nitrogens with zero attached hydrogens (tertiary/aromatic N) is 6. The van der Waals surface area contributed by atoms with Crippen molar-refractivity contribution in [3.05, 3.63) is 36.5 Å². The molecule has 0 atom stereocenters. The number of nitrogen functional groups attached to an aromatic ring is 1. The molecule has 0 radical (unpaired) electrons. The van der Waals surface area contributed by atoms with Crippen molar-refractivity contribution in [1.82, 2.24) is 29.8 Å². The molecule has 1 saturated carbocycles. The number of anilines is 1. The van der Waals surface area contributed by atoms with Crippen molar-refractivity contribution in [2.24, 2.45) is 0 Å². The van der Waals surface area contributed by atoms with Crippen molar-refractivity contribution in [2.45, 2.75) is 37.6 Å². The summed E-state index contributed by atoms with van der Waals surface area (Å²) >= 11 is 0. The number of likely N-dealkylation sites (tertiary alicyclic amines) is 1. The summed E-state index contributed by atoms with van der Waals surface area (Å²) in [6.07, 6.45) is 8.22. The van der Waals surface area contributed by atoms with Gasteiger partial charge in [-0.25, -0.2) is 4.98 Å². The first-order valence-electron chi connectivity index (χ1n) is 9.12. The fourth-order valence-corrected chi connectivity index (χ4v) is 3.65. The molecule has 0 amide bonds. The second kappa shape index (κ2) is 6.21. The lowest BCUT2D eigenvalue weighted by Crippen LogP contribution is -2.34. The van der Waals surface area contributed by atoms with Gasteiger partial charge in [-0.2, -0.15) is 14.8 Å². The Morgan fingerprint density at radius 2 is 1.96 bits per heavy atom. The van der Waals surface area contributed by atoms with E-state index >= 15 is 0 Å². The first kappa shape index (κ1) is 15.5. The zero-order chi connectivity index (χ0) is 17.5. The standard InChI is InChI=1S/C18H21N7O/c19-16-14(11-21-25(16)15-3-1-2-8-20-15)17-22-18(26-23-17)12-6-9-24(10-7-12)13-4-5-13/h1-3,8,11-13H,4-7,9-10,19H2. The molecule has 2 fully saturated rings. The topological polar surface area (TPSA) is 98.9 Å². The van der Waals surface area contributed by atoms with Crippen LogP contribution in [0.4, 0.5) is 5.82 Å². The molecule has 1 aliphatic carbocycles. The molecule has 134 valence electrons. The number of hydrogen-bond donors (Lipinski definition) is 1. The maximum atomic E-state index is 6.25. The van der Waals surface area contributed by atoms with E-state index in [0.29, 0.717) is 34.8 Å². The van der Waals surface area contributed by atoms with Gasteiger partial charge in [0.15, 0.2) is 5.82 Å². The summed E-state index contributed by atoms with van der Waals surface area (Å²) in [5.74, 6) is 2.65. The molecule has 26 heavy (non-hydrogen) atoms. The van der Waals surface area contributed by atoms with E-state index in [1.54, 1.807) is 17.1 Å². The van der Waals surface area contributed by atoms with Crippen LogP contribution in [0.25, 0.3) is 17.2 Å². The quantitative estimate of drug-likeness (QED) is 0.769. The summed E-state index contributed by atoms with van der Waals surface area (Å²) in [5, 5.41) is 8.46. The summed E-state index contributed by atoms with van der Waals surface area (Å²) in [6.45, 7) is 2.24. The van der Waals surface area contributed by atoms with Crippen LogP contribution >= 0.6 is 0 Å². The highest BCUT2D eigenvalue weighted by Crippen LogP contribution is 2.35. The normalized spacial score (nSPS) is 19.1. The molecular formula is C18H21N7O. The van der Waals surface area contributed by atoms with Gasteiger partial charge in [-0.3, -0.25) is 0 Å². The van der Waals surface area contributed by atoms with Crippen LogP contribution in [0.1, 0.15) is 37.5 Å². The molecule has 2 N–H and O–H groups in total. The summed E-state index contributed by atoms with van der Waals surface area (Å²) < 4.78 is 7.13. The molecule has 0 aromatic carbocycles. The molecule has 5 rings (SSSR count). The van der Waals surface area contributed by atoms with E-state index in [2.05, 4.69) is 25.1 Å². The van der Waals surface area contributed by atoms with Gasteiger partial charge in [0.25, 0.3) is 0 Å². The van der Waals surface area contributed by atoms with Crippen molar-refractivity contribution in [3.8, 4) is 17.2 Å². The van der Waals surface area contributed by atoms with E-state index in [1.165, 1.54) is 12.8 Å². The zero-order valence-electron chi connectivity index (χ0n) is 14.5. The highest BCUT2D eigenvalue weighted by molar-refractivity contribution is 5.68. The van der Waals surface area contributed by atoms with Gasteiger partial charge in [0.1, 0.15) is 5.82 Å². The average Bonchev–Trinajstić information content (AvgIpc) is 3.30. The first-order valence-corrected chi connectivity index (χ1v) is 9.12. The highest BCUT2D eigenvalue weighted by atomic mass is 16.5. The van der Waals surface area contributed by atoms with Crippen LogP contribution in [0.3, 0.4) is 0 Å². The Bertz CT molecular complexity index is 891. The third-order valence-electron chi connectivity index (χ3n) is 5.30. The third-order valence-corrected chi connectivity index (χ3v) is 5.30. The lowest BCUT2D eigenvalue weighted by molar-refractivity contribution is 0.186. The Kier molecular flexibility index (Phi) is 3.70. The van der Waals surface area contributed by atoms with Gasteiger partial charge >= 0.3 is 0 Å². The van der Waals surface area contributed by atoms with Crippen LogP contribution in [-0.4, -0.2) is 48.9 Å². The van der Waals surface area contributed by atoms with E-state index in [4.69, 9.17) is 10.3 Å². The van der Waals surface area contributed by atoms with Crippen molar-refractivity contribution < 1.29 is 4.52 Å². The van der Waals surface area contributed by atoms with Crippen LogP contribution in [-0.2, 0) is 0 Å². The summed E-state index contributed by atoms with van der Waals surface area (Å²) in [5.41, 5.74) is 6.91. The monoisotopic (exact) mass is 351 g/mol. The SMILES string of the molecule is Nc1c(-c2noc(C3CCN(C4CC4)CC3)n2)cnn1-c1ccccn1. The predicted molar refractivity (Wildman–Crippen MR) is 95.6 cm³/mol. The molecule has 1 saturated heterocycles. The molecule has 0 unspecified atom stereocenters. The molecule has 0 bridgehead atoms. The van der Waals surface area contributed by atoms with Crippen molar-refractivity contribution in [3.63, 3.8) is 0 Å². The number of piperidine rings is 1.